The van der Waals surface area contributed by atoms with Crippen molar-refractivity contribution in [1.82, 2.24) is 9.80 Å². The van der Waals surface area contributed by atoms with Crippen LogP contribution in [-0.2, 0) is 22.6 Å². The second kappa shape index (κ2) is 12.9. The lowest BCUT2D eigenvalue weighted by Crippen LogP contribution is -2.46. The molecule has 0 saturated heterocycles. The fourth-order valence-electron chi connectivity index (χ4n) is 3.42. The lowest BCUT2D eigenvalue weighted by molar-refractivity contribution is -0.142. The van der Waals surface area contributed by atoms with Gasteiger partial charge in [0, 0.05) is 19.0 Å². The minimum Gasteiger partial charge on any atom is -0.467 e. The number of benzene rings is 1. The van der Waals surface area contributed by atoms with Gasteiger partial charge in [0.2, 0.25) is 11.8 Å². The Hall–Kier alpha value is -2.56. The Kier molecular flexibility index (Phi) is 10.2. The molecule has 30 heavy (non-hydrogen) atoms. The Morgan fingerprint density at radius 3 is 2.40 bits per heavy atom. The van der Waals surface area contributed by atoms with Gasteiger partial charge in [0.15, 0.2) is 0 Å². The van der Waals surface area contributed by atoms with Crippen LogP contribution in [0.3, 0.4) is 0 Å². The molecule has 1 aromatic heterocycles. The Morgan fingerprint density at radius 1 is 1.00 bits per heavy atom. The minimum atomic E-state index is -0.0357. The van der Waals surface area contributed by atoms with Crippen LogP contribution in [0.1, 0.15) is 64.2 Å². The van der Waals surface area contributed by atoms with Crippen molar-refractivity contribution < 1.29 is 14.0 Å². The van der Waals surface area contributed by atoms with E-state index in [1.54, 1.807) is 16.1 Å². The quantitative estimate of drug-likeness (QED) is 0.432. The Morgan fingerprint density at radius 2 is 1.77 bits per heavy atom. The van der Waals surface area contributed by atoms with Gasteiger partial charge in [-0.15, -0.1) is 0 Å². The first-order valence-electron chi connectivity index (χ1n) is 11.2. The minimum absolute atomic E-state index is 0.0357. The Balaban J connectivity index is 2.07. The van der Waals surface area contributed by atoms with E-state index in [2.05, 4.69) is 26.0 Å². The van der Waals surface area contributed by atoms with Gasteiger partial charge in [-0.25, -0.2) is 0 Å². The zero-order chi connectivity index (χ0) is 21.8. The van der Waals surface area contributed by atoms with E-state index in [4.69, 9.17) is 4.42 Å². The summed E-state index contributed by atoms with van der Waals surface area (Å²) in [5, 5.41) is 0. The van der Waals surface area contributed by atoms with Crippen molar-refractivity contribution in [2.75, 3.05) is 13.1 Å². The molecule has 0 aliphatic heterocycles. The van der Waals surface area contributed by atoms with Gasteiger partial charge in [0.1, 0.15) is 12.3 Å². The van der Waals surface area contributed by atoms with Crippen molar-refractivity contribution >= 4 is 11.8 Å². The van der Waals surface area contributed by atoms with Gasteiger partial charge in [-0.2, -0.15) is 0 Å². The smallest absolute Gasteiger partial charge is 0.242 e. The summed E-state index contributed by atoms with van der Waals surface area (Å²) in [7, 11) is 0. The number of hydrogen-bond acceptors (Lipinski definition) is 3. The molecule has 0 saturated carbocycles. The van der Waals surface area contributed by atoms with Crippen molar-refractivity contribution in [3.8, 4) is 0 Å². The molecule has 0 fully saturated rings. The topological polar surface area (TPSA) is 53.8 Å². The summed E-state index contributed by atoms with van der Waals surface area (Å²) in [6, 6.07) is 13.9. The summed E-state index contributed by atoms with van der Waals surface area (Å²) in [6.07, 6.45) is 6.71. The van der Waals surface area contributed by atoms with E-state index < -0.39 is 0 Å². The maximum Gasteiger partial charge on any atom is 0.242 e. The summed E-state index contributed by atoms with van der Waals surface area (Å²) in [4.78, 5) is 29.6. The molecule has 2 rings (SSSR count). The van der Waals surface area contributed by atoms with Crippen LogP contribution in [0, 0.1) is 0 Å². The molecule has 5 heteroatoms. The van der Waals surface area contributed by atoms with Gasteiger partial charge in [-0.05, 0) is 43.9 Å². The van der Waals surface area contributed by atoms with Crippen LogP contribution in [0.4, 0.5) is 0 Å². The number of amides is 2. The molecule has 1 aromatic carbocycles. The fourth-order valence-corrected chi connectivity index (χ4v) is 3.42. The summed E-state index contributed by atoms with van der Waals surface area (Å²) in [5.41, 5.74) is 1.18. The van der Waals surface area contributed by atoms with E-state index in [0.717, 1.165) is 37.9 Å². The molecule has 0 unspecified atom stereocenters. The van der Waals surface area contributed by atoms with Crippen molar-refractivity contribution in [1.29, 1.82) is 0 Å². The van der Waals surface area contributed by atoms with Gasteiger partial charge < -0.3 is 14.2 Å². The molecule has 0 spiro atoms. The lowest BCUT2D eigenvalue weighted by atomic mass is 10.1. The average molecular weight is 413 g/mol. The highest BCUT2D eigenvalue weighted by Crippen LogP contribution is 2.13. The van der Waals surface area contributed by atoms with Crippen molar-refractivity contribution in [3.05, 3.63) is 60.1 Å². The van der Waals surface area contributed by atoms with Crippen LogP contribution in [0.25, 0.3) is 0 Å². The molecule has 0 aliphatic rings. The van der Waals surface area contributed by atoms with E-state index in [9.17, 15) is 9.59 Å². The highest BCUT2D eigenvalue weighted by atomic mass is 16.3. The molecule has 2 aromatic rings. The largest absolute Gasteiger partial charge is 0.467 e. The molecule has 5 nitrogen and oxygen atoms in total. The summed E-state index contributed by atoms with van der Waals surface area (Å²) >= 11 is 0. The van der Waals surface area contributed by atoms with Crippen molar-refractivity contribution in [2.24, 2.45) is 0 Å². The summed E-state index contributed by atoms with van der Waals surface area (Å²) in [6.45, 7) is 7.32. The molecule has 1 atom stereocenters. The SMILES string of the molecule is CCCCCC(=O)N(CC(=O)N(CCc1ccccc1)Cc1ccco1)[C@@H](C)CC. The molecular weight excluding hydrogens is 376 g/mol. The Labute approximate surface area is 181 Å². The number of carbonyl (C=O) groups excluding carboxylic acids is 2. The summed E-state index contributed by atoms with van der Waals surface area (Å²) in [5.74, 6) is 0.791. The average Bonchev–Trinajstić information content (AvgIpc) is 3.28. The lowest BCUT2D eigenvalue weighted by Gasteiger charge is -2.31. The third-order valence-corrected chi connectivity index (χ3v) is 5.54. The van der Waals surface area contributed by atoms with Gasteiger partial charge >= 0.3 is 0 Å². The van der Waals surface area contributed by atoms with Crippen molar-refractivity contribution in [2.45, 2.75) is 71.9 Å². The molecule has 164 valence electrons. The Bertz CT molecular complexity index is 743. The fraction of sp³-hybridized carbons (Fsp3) is 0.520. The molecule has 1 heterocycles. The highest BCUT2D eigenvalue weighted by Gasteiger charge is 2.24. The standard InChI is InChI=1S/C25H36N2O3/c1-4-6-8-15-24(28)27(21(3)5-2)20-25(29)26(19-23-14-11-18-30-23)17-16-22-12-9-7-10-13-22/h7,9-14,18,21H,4-6,8,15-17,19-20H2,1-3H3/t21-/m0/s1. The van der Waals surface area contributed by atoms with E-state index in [0.29, 0.717) is 19.5 Å². The molecule has 0 bridgehead atoms. The van der Waals surface area contributed by atoms with Crippen LogP contribution < -0.4 is 0 Å². The zero-order valence-electron chi connectivity index (χ0n) is 18.7. The van der Waals surface area contributed by atoms with Gasteiger partial charge in [0.05, 0.1) is 12.8 Å². The first-order valence-corrected chi connectivity index (χ1v) is 11.2. The first kappa shape index (κ1) is 23.7. The van der Waals surface area contributed by atoms with Crippen LogP contribution in [0.5, 0.6) is 0 Å². The van der Waals surface area contributed by atoms with Gasteiger partial charge in [-0.3, -0.25) is 9.59 Å². The number of rotatable bonds is 13. The number of nitrogens with zero attached hydrogens (tertiary/aromatic N) is 2. The number of hydrogen-bond donors (Lipinski definition) is 0. The van der Waals surface area contributed by atoms with Crippen LogP contribution >= 0.6 is 0 Å². The van der Waals surface area contributed by atoms with Crippen LogP contribution in [0.2, 0.25) is 0 Å². The molecule has 0 N–H and O–H groups in total. The maximum atomic E-state index is 13.2. The third-order valence-electron chi connectivity index (χ3n) is 5.54. The molecule has 2 amide bonds. The van der Waals surface area contributed by atoms with Gasteiger partial charge in [0.25, 0.3) is 0 Å². The predicted molar refractivity (Wildman–Crippen MR) is 120 cm³/mol. The van der Waals surface area contributed by atoms with E-state index in [-0.39, 0.29) is 24.4 Å². The van der Waals surface area contributed by atoms with Gasteiger partial charge in [-0.1, -0.05) is 57.0 Å². The second-order valence-corrected chi connectivity index (χ2v) is 7.87. The predicted octanol–water partition coefficient (Wildman–Crippen LogP) is 5.06. The van der Waals surface area contributed by atoms with Crippen LogP contribution in [-0.4, -0.2) is 40.7 Å². The monoisotopic (exact) mass is 412 g/mol. The maximum absolute atomic E-state index is 13.2. The van der Waals surface area contributed by atoms with E-state index in [1.165, 1.54) is 5.56 Å². The first-order chi connectivity index (χ1) is 14.5. The highest BCUT2D eigenvalue weighted by molar-refractivity contribution is 5.85. The number of furan rings is 1. The van der Waals surface area contributed by atoms with E-state index in [1.807, 2.05) is 37.3 Å². The molecule has 0 radical (unpaired) electrons. The normalized spacial score (nSPS) is 11.8. The zero-order valence-corrected chi connectivity index (χ0v) is 18.7. The second-order valence-electron chi connectivity index (χ2n) is 7.87. The van der Waals surface area contributed by atoms with Crippen LogP contribution in [0.15, 0.2) is 53.1 Å². The third kappa shape index (κ3) is 7.69. The number of carbonyl (C=O) groups is 2. The van der Waals surface area contributed by atoms with Crippen molar-refractivity contribution in [3.63, 3.8) is 0 Å². The van der Waals surface area contributed by atoms with E-state index >= 15 is 0 Å². The molecular formula is C25H36N2O3. The summed E-state index contributed by atoms with van der Waals surface area (Å²) < 4.78 is 5.48. The molecule has 0 aliphatic carbocycles. The number of unbranched alkanes of at least 4 members (excludes halogenated alkanes) is 2.